The van der Waals surface area contributed by atoms with E-state index >= 15 is 0 Å². The minimum absolute atomic E-state index is 0.0158. The van der Waals surface area contributed by atoms with Gasteiger partial charge in [-0.25, -0.2) is 4.98 Å². The zero-order valence-corrected chi connectivity index (χ0v) is 21.1. The average Bonchev–Trinajstić information content (AvgIpc) is 3.39. The van der Waals surface area contributed by atoms with Gasteiger partial charge in [-0.3, -0.25) is 9.59 Å². The van der Waals surface area contributed by atoms with Crippen LogP contribution in [0.4, 0.5) is 0 Å². The molecular weight excluding hydrogens is 466 g/mol. The summed E-state index contributed by atoms with van der Waals surface area (Å²) in [6.45, 7) is 3.66. The second-order valence-corrected chi connectivity index (χ2v) is 9.52. The normalized spacial score (nSPS) is 14.9. The van der Waals surface area contributed by atoms with E-state index in [4.69, 9.17) is 9.15 Å². The van der Waals surface area contributed by atoms with Gasteiger partial charge < -0.3 is 19.4 Å². The van der Waals surface area contributed by atoms with E-state index in [1.54, 1.807) is 19.2 Å². The van der Waals surface area contributed by atoms with Crippen molar-refractivity contribution in [1.82, 2.24) is 15.2 Å². The van der Waals surface area contributed by atoms with Gasteiger partial charge in [0, 0.05) is 42.2 Å². The number of rotatable bonds is 7. The van der Waals surface area contributed by atoms with Gasteiger partial charge >= 0.3 is 0 Å². The van der Waals surface area contributed by atoms with Gasteiger partial charge in [-0.05, 0) is 55.2 Å². The van der Waals surface area contributed by atoms with Gasteiger partial charge in [0.25, 0.3) is 5.91 Å². The summed E-state index contributed by atoms with van der Waals surface area (Å²) in [6.07, 6.45) is 1.58. The molecule has 2 amide bonds. The molecule has 5 rings (SSSR count). The van der Waals surface area contributed by atoms with Crippen LogP contribution in [-0.2, 0) is 11.3 Å². The van der Waals surface area contributed by atoms with E-state index in [1.165, 1.54) is 0 Å². The fourth-order valence-electron chi connectivity index (χ4n) is 4.96. The van der Waals surface area contributed by atoms with E-state index in [2.05, 4.69) is 10.3 Å². The Balaban J connectivity index is 1.17. The number of amides is 2. The summed E-state index contributed by atoms with van der Waals surface area (Å²) in [5, 5.41) is 3.05. The molecule has 7 heteroatoms. The number of hydrogen-bond acceptors (Lipinski definition) is 5. The van der Waals surface area contributed by atoms with Crippen LogP contribution < -0.4 is 10.1 Å². The van der Waals surface area contributed by atoms with E-state index in [0.717, 1.165) is 29.7 Å². The quantitative estimate of drug-likeness (QED) is 0.374. The molecule has 3 aromatic carbocycles. The number of carbonyl (C=O) groups is 2. The van der Waals surface area contributed by atoms with Crippen molar-refractivity contribution in [3.8, 4) is 17.2 Å². The molecule has 4 aromatic rings. The Kier molecular flexibility index (Phi) is 7.21. The highest BCUT2D eigenvalue weighted by molar-refractivity contribution is 5.97. The number of likely N-dealkylation sites (tertiary alicyclic amines) is 1. The highest BCUT2D eigenvalue weighted by Gasteiger charge is 2.30. The van der Waals surface area contributed by atoms with Crippen molar-refractivity contribution in [2.75, 3.05) is 20.2 Å². The molecule has 1 aromatic heterocycles. The minimum Gasteiger partial charge on any atom is -0.496 e. The largest absolute Gasteiger partial charge is 0.496 e. The van der Waals surface area contributed by atoms with Gasteiger partial charge in [0.05, 0.1) is 7.11 Å². The van der Waals surface area contributed by atoms with E-state index in [-0.39, 0.29) is 23.7 Å². The molecule has 1 saturated heterocycles. The molecule has 0 aliphatic carbocycles. The van der Waals surface area contributed by atoms with Gasteiger partial charge in [0.2, 0.25) is 11.8 Å². The Bertz CT molecular complexity index is 1390. The van der Waals surface area contributed by atoms with Gasteiger partial charge in [0.15, 0.2) is 5.58 Å². The number of oxazole rings is 1. The lowest BCUT2D eigenvalue weighted by Crippen LogP contribution is -2.42. The third-order valence-corrected chi connectivity index (χ3v) is 7.25. The summed E-state index contributed by atoms with van der Waals surface area (Å²) < 4.78 is 11.2. The highest BCUT2D eigenvalue weighted by Crippen LogP contribution is 2.28. The fraction of sp³-hybridized carbons (Fsp3) is 0.300. The van der Waals surface area contributed by atoms with Crippen LogP contribution in [0.15, 0.2) is 77.2 Å². The zero-order chi connectivity index (χ0) is 25.8. The molecule has 0 spiro atoms. The Labute approximate surface area is 216 Å². The summed E-state index contributed by atoms with van der Waals surface area (Å²) in [6, 6.07) is 22.8. The summed E-state index contributed by atoms with van der Waals surface area (Å²) in [5.74, 6) is 1.42. The number of methoxy groups -OCH3 is 1. The number of carbonyl (C=O) groups excluding carboxylic acids is 2. The van der Waals surface area contributed by atoms with Crippen molar-refractivity contribution in [2.45, 2.75) is 26.3 Å². The van der Waals surface area contributed by atoms with Crippen LogP contribution in [0.1, 0.15) is 35.7 Å². The maximum Gasteiger partial charge on any atom is 0.253 e. The van der Waals surface area contributed by atoms with E-state index in [9.17, 15) is 9.59 Å². The molecule has 1 N–H and O–H groups in total. The lowest BCUT2D eigenvalue weighted by Gasteiger charge is -2.34. The molecule has 1 atom stereocenters. The summed E-state index contributed by atoms with van der Waals surface area (Å²) in [7, 11) is 1.63. The number of nitrogens with one attached hydrogen (secondary N) is 1. The number of aromatic nitrogens is 1. The molecule has 37 heavy (non-hydrogen) atoms. The highest BCUT2D eigenvalue weighted by atomic mass is 16.5. The Morgan fingerprint density at radius 2 is 1.78 bits per heavy atom. The van der Waals surface area contributed by atoms with E-state index in [1.807, 2.05) is 72.5 Å². The number of ether oxygens (including phenoxy) is 1. The molecule has 0 radical (unpaired) electrons. The smallest absolute Gasteiger partial charge is 0.253 e. The molecule has 1 fully saturated rings. The third kappa shape index (κ3) is 5.35. The molecular formula is C30H31N3O4. The van der Waals surface area contributed by atoms with Crippen molar-refractivity contribution in [2.24, 2.45) is 11.8 Å². The van der Waals surface area contributed by atoms with Crippen molar-refractivity contribution in [1.29, 1.82) is 0 Å². The van der Waals surface area contributed by atoms with Crippen LogP contribution in [0.25, 0.3) is 22.6 Å². The Hall–Kier alpha value is -4.13. The first-order chi connectivity index (χ1) is 18.0. The van der Waals surface area contributed by atoms with Gasteiger partial charge in [-0.2, -0.15) is 0 Å². The third-order valence-electron chi connectivity index (χ3n) is 7.25. The number of fused-ring (bicyclic) bond motifs is 1. The SMILES string of the molecule is COc1ccccc1CNC(=O)[C@@H](C)C1CCN(C(=O)c2ccc3oc(-c4ccccc4)nc3c2)CC1. The molecule has 1 aliphatic heterocycles. The van der Waals surface area contributed by atoms with Gasteiger partial charge in [-0.15, -0.1) is 0 Å². The van der Waals surface area contributed by atoms with Crippen molar-refractivity contribution >= 4 is 22.9 Å². The maximum atomic E-state index is 13.2. The van der Waals surface area contributed by atoms with Crippen LogP contribution >= 0.6 is 0 Å². The predicted octanol–water partition coefficient (Wildman–Crippen LogP) is 5.31. The lowest BCUT2D eigenvalue weighted by atomic mass is 9.84. The standard InChI is InChI=1S/C30H31N3O4/c1-20(28(34)31-19-24-10-6-7-11-26(24)36-2)21-14-16-33(17-15-21)30(35)23-12-13-27-25(18-23)32-29(37-27)22-8-4-3-5-9-22/h3-13,18,20-21H,14-17,19H2,1-2H3,(H,31,34)/t20-/m0/s1. The molecule has 0 saturated carbocycles. The predicted molar refractivity (Wildman–Crippen MR) is 142 cm³/mol. The van der Waals surface area contributed by atoms with Crippen LogP contribution in [0.3, 0.4) is 0 Å². The minimum atomic E-state index is -0.130. The molecule has 7 nitrogen and oxygen atoms in total. The van der Waals surface area contributed by atoms with Crippen molar-refractivity contribution in [3.63, 3.8) is 0 Å². The van der Waals surface area contributed by atoms with E-state index in [0.29, 0.717) is 42.2 Å². The first kappa shape index (κ1) is 24.6. The molecule has 0 unspecified atom stereocenters. The topological polar surface area (TPSA) is 84.7 Å². The molecule has 2 heterocycles. The average molecular weight is 498 g/mol. The monoisotopic (exact) mass is 497 g/mol. The number of hydrogen-bond donors (Lipinski definition) is 1. The number of piperidine rings is 1. The van der Waals surface area contributed by atoms with Crippen LogP contribution in [0, 0.1) is 11.8 Å². The molecule has 1 aliphatic rings. The number of para-hydroxylation sites is 1. The summed E-state index contributed by atoms with van der Waals surface area (Å²) in [4.78, 5) is 32.5. The first-order valence-corrected chi connectivity index (χ1v) is 12.7. The number of nitrogens with zero attached hydrogens (tertiary/aromatic N) is 2. The fourth-order valence-corrected chi connectivity index (χ4v) is 4.96. The molecule has 190 valence electrons. The van der Waals surface area contributed by atoms with Crippen LogP contribution in [0.5, 0.6) is 5.75 Å². The lowest BCUT2D eigenvalue weighted by molar-refractivity contribution is -0.126. The van der Waals surface area contributed by atoms with Crippen molar-refractivity contribution in [3.05, 3.63) is 83.9 Å². The number of benzene rings is 3. The maximum absolute atomic E-state index is 13.2. The zero-order valence-electron chi connectivity index (χ0n) is 21.1. The molecule has 0 bridgehead atoms. The second kappa shape index (κ2) is 10.9. The van der Waals surface area contributed by atoms with Crippen LogP contribution in [-0.4, -0.2) is 41.9 Å². The van der Waals surface area contributed by atoms with E-state index < -0.39 is 0 Å². The summed E-state index contributed by atoms with van der Waals surface area (Å²) in [5.41, 5.74) is 3.77. The second-order valence-electron chi connectivity index (χ2n) is 9.52. The van der Waals surface area contributed by atoms with Crippen molar-refractivity contribution < 1.29 is 18.7 Å². The van der Waals surface area contributed by atoms with Gasteiger partial charge in [0.1, 0.15) is 11.3 Å². The van der Waals surface area contributed by atoms with Gasteiger partial charge in [-0.1, -0.05) is 43.3 Å². The first-order valence-electron chi connectivity index (χ1n) is 12.7. The Morgan fingerprint density at radius 1 is 1.05 bits per heavy atom. The Morgan fingerprint density at radius 3 is 2.54 bits per heavy atom. The summed E-state index contributed by atoms with van der Waals surface area (Å²) >= 11 is 0. The van der Waals surface area contributed by atoms with Crippen LogP contribution in [0.2, 0.25) is 0 Å².